The third-order valence-corrected chi connectivity index (χ3v) is 2.09. The van der Waals surface area contributed by atoms with Gasteiger partial charge in [-0.1, -0.05) is 11.6 Å². The molecule has 1 aliphatic rings. The van der Waals surface area contributed by atoms with Gasteiger partial charge in [-0.15, -0.1) is 0 Å². The summed E-state index contributed by atoms with van der Waals surface area (Å²) in [5.74, 6) is -0.646. The topological polar surface area (TPSA) is 58.2 Å². The molecule has 2 rings (SSSR count). The molecular formula is C9H7ClN2O2. The van der Waals surface area contributed by atoms with E-state index in [1.165, 1.54) is 0 Å². The number of halogens is 1. The van der Waals surface area contributed by atoms with Crippen LogP contribution in [0.1, 0.15) is 6.42 Å². The Bertz CT molecular complexity index is 417. The first kappa shape index (κ1) is 9.02. The van der Waals surface area contributed by atoms with Crippen LogP contribution in [0.15, 0.2) is 18.2 Å². The minimum absolute atomic E-state index is 0.160. The Hall–Kier alpha value is -1.55. The van der Waals surface area contributed by atoms with E-state index >= 15 is 0 Å². The van der Waals surface area contributed by atoms with Gasteiger partial charge in [0.25, 0.3) is 0 Å². The maximum atomic E-state index is 11.2. The molecule has 72 valence electrons. The van der Waals surface area contributed by atoms with E-state index in [0.29, 0.717) is 16.4 Å². The third-order valence-electron chi connectivity index (χ3n) is 1.85. The predicted octanol–water partition coefficient (Wildman–Crippen LogP) is 1.62. The first-order valence-electron chi connectivity index (χ1n) is 4.04. The molecule has 14 heavy (non-hydrogen) atoms. The van der Waals surface area contributed by atoms with Crippen LogP contribution < -0.4 is 10.6 Å². The summed E-state index contributed by atoms with van der Waals surface area (Å²) in [4.78, 5) is 22.3. The van der Waals surface area contributed by atoms with Crippen molar-refractivity contribution in [1.29, 1.82) is 0 Å². The van der Waals surface area contributed by atoms with Crippen molar-refractivity contribution in [3.05, 3.63) is 23.2 Å². The van der Waals surface area contributed by atoms with E-state index in [0.717, 1.165) is 0 Å². The van der Waals surface area contributed by atoms with Crippen LogP contribution >= 0.6 is 11.6 Å². The summed E-state index contributed by atoms with van der Waals surface area (Å²) in [5, 5.41) is 5.70. The summed E-state index contributed by atoms with van der Waals surface area (Å²) >= 11 is 5.75. The summed E-state index contributed by atoms with van der Waals surface area (Å²) < 4.78 is 0. The molecule has 1 heterocycles. The van der Waals surface area contributed by atoms with Gasteiger partial charge in [0.2, 0.25) is 11.8 Å². The molecule has 2 amide bonds. The van der Waals surface area contributed by atoms with E-state index in [2.05, 4.69) is 10.6 Å². The van der Waals surface area contributed by atoms with E-state index in [4.69, 9.17) is 11.6 Å². The van der Waals surface area contributed by atoms with Crippen LogP contribution in [0.3, 0.4) is 0 Å². The largest absolute Gasteiger partial charge is 0.324 e. The molecule has 0 unspecified atom stereocenters. The highest BCUT2D eigenvalue weighted by Gasteiger charge is 2.17. The number of rotatable bonds is 0. The van der Waals surface area contributed by atoms with Crippen molar-refractivity contribution in [2.45, 2.75) is 6.42 Å². The second-order valence-electron chi connectivity index (χ2n) is 2.96. The molecule has 1 aromatic rings. The monoisotopic (exact) mass is 210 g/mol. The molecule has 0 aliphatic carbocycles. The number of carbonyl (C=O) groups excluding carboxylic acids is 2. The van der Waals surface area contributed by atoms with E-state index in [1.54, 1.807) is 18.2 Å². The highest BCUT2D eigenvalue weighted by atomic mass is 35.5. The molecule has 0 saturated heterocycles. The van der Waals surface area contributed by atoms with Gasteiger partial charge >= 0.3 is 0 Å². The second kappa shape index (κ2) is 3.31. The number of carbonyl (C=O) groups is 2. The Labute approximate surface area is 85.2 Å². The first-order valence-corrected chi connectivity index (χ1v) is 4.42. The minimum Gasteiger partial charge on any atom is -0.324 e. The van der Waals surface area contributed by atoms with E-state index < -0.39 is 0 Å². The number of amides is 2. The van der Waals surface area contributed by atoms with Gasteiger partial charge in [-0.3, -0.25) is 9.59 Å². The minimum atomic E-state index is -0.330. The zero-order valence-corrected chi connectivity index (χ0v) is 7.89. The van der Waals surface area contributed by atoms with Gasteiger partial charge in [0.05, 0.1) is 11.4 Å². The molecule has 0 atom stereocenters. The van der Waals surface area contributed by atoms with Gasteiger partial charge in [0.15, 0.2) is 0 Å². The van der Waals surface area contributed by atoms with Crippen LogP contribution in [0.2, 0.25) is 5.02 Å². The van der Waals surface area contributed by atoms with Crippen molar-refractivity contribution in [2.75, 3.05) is 10.6 Å². The Morgan fingerprint density at radius 2 is 1.71 bits per heavy atom. The fraction of sp³-hybridized carbons (Fsp3) is 0.111. The maximum absolute atomic E-state index is 11.2. The lowest BCUT2D eigenvalue weighted by atomic mass is 10.2. The fourth-order valence-corrected chi connectivity index (χ4v) is 1.44. The summed E-state index contributed by atoms with van der Waals surface area (Å²) in [6.45, 7) is 0. The highest BCUT2D eigenvalue weighted by Crippen LogP contribution is 2.27. The molecule has 1 aromatic carbocycles. The van der Waals surface area contributed by atoms with Gasteiger partial charge < -0.3 is 10.6 Å². The normalized spacial score (nSPS) is 15.2. The SMILES string of the molecule is O=C1CC(=O)Nc2cc(Cl)ccc2N1. The first-order chi connectivity index (χ1) is 6.65. The van der Waals surface area contributed by atoms with Crippen LogP contribution in [-0.2, 0) is 9.59 Å². The number of hydrogen-bond donors (Lipinski definition) is 2. The molecule has 0 saturated carbocycles. The second-order valence-corrected chi connectivity index (χ2v) is 3.40. The molecule has 2 N–H and O–H groups in total. The Balaban J connectivity index is 2.46. The summed E-state index contributed by atoms with van der Waals surface area (Å²) in [5.41, 5.74) is 1.11. The molecule has 0 radical (unpaired) electrons. The Morgan fingerprint density at radius 1 is 1.07 bits per heavy atom. The van der Waals surface area contributed by atoms with Gasteiger partial charge in [0.1, 0.15) is 6.42 Å². The van der Waals surface area contributed by atoms with Gasteiger partial charge in [-0.25, -0.2) is 0 Å². The van der Waals surface area contributed by atoms with Crippen molar-refractivity contribution in [3.63, 3.8) is 0 Å². The predicted molar refractivity (Wildman–Crippen MR) is 53.3 cm³/mol. The average molecular weight is 211 g/mol. The smallest absolute Gasteiger partial charge is 0.233 e. The lowest BCUT2D eigenvalue weighted by Crippen LogP contribution is -2.16. The average Bonchev–Trinajstić information content (AvgIpc) is 2.21. The Kier molecular flexibility index (Phi) is 2.13. The molecule has 1 aliphatic heterocycles. The van der Waals surface area contributed by atoms with E-state index in [-0.39, 0.29) is 18.2 Å². The van der Waals surface area contributed by atoms with Crippen molar-refractivity contribution in [1.82, 2.24) is 0 Å². The molecule has 5 heteroatoms. The van der Waals surface area contributed by atoms with E-state index in [9.17, 15) is 9.59 Å². The Morgan fingerprint density at radius 3 is 2.43 bits per heavy atom. The zero-order valence-electron chi connectivity index (χ0n) is 7.13. The molecular weight excluding hydrogens is 204 g/mol. The highest BCUT2D eigenvalue weighted by molar-refractivity contribution is 6.31. The van der Waals surface area contributed by atoms with Crippen LogP contribution in [0.5, 0.6) is 0 Å². The van der Waals surface area contributed by atoms with Crippen LogP contribution in [0, 0.1) is 0 Å². The lowest BCUT2D eigenvalue weighted by Gasteiger charge is -2.06. The van der Waals surface area contributed by atoms with Crippen LogP contribution in [0.25, 0.3) is 0 Å². The standard InChI is InChI=1S/C9H7ClN2O2/c10-5-1-2-6-7(3-5)12-9(14)4-8(13)11-6/h1-3H,4H2,(H,11,13)(H,12,14). The van der Waals surface area contributed by atoms with Crippen molar-refractivity contribution in [2.24, 2.45) is 0 Å². The van der Waals surface area contributed by atoms with Crippen molar-refractivity contribution in [3.8, 4) is 0 Å². The number of nitrogens with one attached hydrogen (secondary N) is 2. The zero-order chi connectivity index (χ0) is 10.1. The van der Waals surface area contributed by atoms with Gasteiger partial charge in [-0.2, -0.15) is 0 Å². The van der Waals surface area contributed by atoms with Gasteiger partial charge in [0, 0.05) is 5.02 Å². The quantitative estimate of drug-likeness (QED) is 0.640. The molecule has 0 aromatic heterocycles. The fourth-order valence-electron chi connectivity index (χ4n) is 1.26. The third kappa shape index (κ3) is 1.70. The summed E-state index contributed by atoms with van der Waals surface area (Å²) in [6.07, 6.45) is -0.160. The maximum Gasteiger partial charge on any atom is 0.233 e. The van der Waals surface area contributed by atoms with Crippen LogP contribution in [0.4, 0.5) is 11.4 Å². The van der Waals surface area contributed by atoms with Gasteiger partial charge in [-0.05, 0) is 18.2 Å². The molecule has 0 spiro atoms. The molecule has 0 bridgehead atoms. The number of anilines is 2. The van der Waals surface area contributed by atoms with Crippen molar-refractivity contribution >= 4 is 34.8 Å². The molecule has 4 nitrogen and oxygen atoms in total. The number of benzene rings is 1. The van der Waals surface area contributed by atoms with Crippen LogP contribution in [-0.4, -0.2) is 11.8 Å². The van der Waals surface area contributed by atoms with E-state index in [1.807, 2.05) is 0 Å². The number of fused-ring (bicyclic) bond motifs is 1. The van der Waals surface area contributed by atoms with Crippen molar-refractivity contribution < 1.29 is 9.59 Å². The lowest BCUT2D eigenvalue weighted by molar-refractivity contribution is -0.123. The summed E-state index contributed by atoms with van der Waals surface area (Å²) in [6, 6.07) is 4.90. The number of hydrogen-bond acceptors (Lipinski definition) is 2. The molecule has 0 fully saturated rings. The summed E-state index contributed by atoms with van der Waals surface area (Å²) in [7, 11) is 0.